The lowest BCUT2D eigenvalue weighted by atomic mass is 10.1. The fraction of sp³-hybridized carbons (Fsp3) is 0.333. The predicted octanol–water partition coefficient (Wildman–Crippen LogP) is 2.38. The fourth-order valence-electron chi connectivity index (χ4n) is 1.93. The summed E-state index contributed by atoms with van der Waals surface area (Å²) in [4.78, 5) is 3.27. The molecule has 2 rings (SSSR count). The third kappa shape index (κ3) is 1.88. The van der Waals surface area contributed by atoms with Gasteiger partial charge in [-0.15, -0.1) is 0 Å². The zero-order valence-electron chi connectivity index (χ0n) is 9.02. The van der Waals surface area contributed by atoms with Crippen LogP contribution in [0.3, 0.4) is 0 Å². The number of rotatable bonds is 3. The van der Waals surface area contributed by atoms with Crippen LogP contribution in [0.15, 0.2) is 18.2 Å². The van der Waals surface area contributed by atoms with Crippen molar-refractivity contribution in [1.29, 1.82) is 0 Å². The Morgan fingerprint density at radius 3 is 2.93 bits per heavy atom. The zero-order chi connectivity index (χ0) is 10.8. The Kier molecular flexibility index (Phi) is 2.73. The van der Waals surface area contributed by atoms with E-state index in [0.717, 1.165) is 29.6 Å². The number of fused-ring (bicyclic) bond motifs is 1. The zero-order valence-corrected chi connectivity index (χ0v) is 9.02. The van der Waals surface area contributed by atoms with Crippen molar-refractivity contribution in [2.75, 3.05) is 13.6 Å². The van der Waals surface area contributed by atoms with Gasteiger partial charge < -0.3 is 10.3 Å². The van der Waals surface area contributed by atoms with Crippen LogP contribution in [0.2, 0.25) is 0 Å². The molecule has 2 aromatic rings. The minimum Gasteiger partial charge on any atom is -0.358 e. The summed E-state index contributed by atoms with van der Waals surface area (Å²) in [6.45, 7) is 2.94. The van der Waals surface area contributed by atoms with E-state index in [9.17, 15) is 4.39 Å². The van der Waals surface area contributed by atoms with Gasteiger partial charge in [-0.25, -0.2) is 4.39 Å². The number of aromatic amines is 1. The van der Waals surface area contributed by atoms with Gasteiger partial charge in [-0.05, 0) is 50.7 Å². The molecule has 0 aliphatic carbocycles. The maximum Gasteiger partial charge on any atom is 0.123 e. The average molecular weight is 206 g/mol. The first-order valence-electron chi connectivity index (χ1n) is 5.13. The Hall–Kier alpha value is -1.35. The highest BCUT2D eigenvalue weighted by Crippen LogP contribution is 2.23. The third-order valence-electron chi connectivity index (χ3n) is 2.71. The summed E-state index contributed by atoms with van der Waals surface area (Å²) in [6.07, 6.45) is 0.922. The quantitative estimate of drug-likeness (QED) is 0.792. The number of aryl methyl sites for hydroxylation is 1. The summed E-state index contributed by atoms with van der Waals surface area (Å²) in [6, 6.07) is 4.88. The summed E-state index contributed by atoms with van der Waals surface area (Å²) in [5, 5.41) is 4.11. The van der Waals surface area contributed by atoms with E-state index in [-0.39, 0.29) is 5.82 Å². The summed E-state index contributed by atoms with van der Waals surface area (Å²) < 4.78 is 13.1. The van der Waals surface area contributed by atoms with Crippen LogP contribution < -0.4 is 5.32 Å². The van der Waals surface area contributed by atoms with Crippen molar-refractivity contribution in [3.05, 3.63) is 35.3 Å². The van der Waals surface area contributed by atoms with Crippen molar-refractivity contribution in [2.45, 2.75) is 13.3 Å². The van der Waals surface area contributed by atoms with E-state index in [2.05, 4.69) is 10.3 Å². The van der Waals surface area contributed by atoms with Crippen LogP contribution in [-0.2, 0) is 6.42 Å². The third-order valence-corrected chi connectivity index (χ3v) is 2.71. The summed E-state index contributed by atoms with van der Waals surface area (Å²) in [5.41, 5.74) is 3.35. The van der Waals surface area contributed by atoms with E-state index in [4.69, 9.17) is 0 Å². The topological polar surface area (TPSA) is 27.8 Å². The molecule has 1 aromatic heterocycles. The Balaban J connectivity index is 2.50. The van der Waals surface area contributed by atoms with Crippen LogP contribution >= 0.6 is 0 Å². The Labute approximate surface area is 88.5 Å². The molecule has 0 unspecified atom stereocenters. The van der Waals surface area contributed by atoms with E-state index >= 15 is 0 Å². The number of H-pyrrole nitrogens is 1. The van der Waals surface area contributed by atoms with Crippen molar-refractivity contribution >= 4 is 10.9 Å². The second-order valence-corrected chi connectivity index (χ2v) is 3.77. The van der Waals surface area contributed by atoms with Gasteiger partial charge in [0.2, 0.25) is 0 Å². The number of halogens is 1. The molecule has 1 heterocycles. The van der Waals surface area contributed by atoms with Crippen LogP contribution in [0, 0.1) is 12.7 Å². The number of hydrogen-bond donors (Lipinski definition) is 2. The van der Waals surface area contributed by atoms with Crippen molar-refractivity contribution in [3.8, 4) is 0 Å². The highest BCUT2D eigenvalue weighted by Gasteiger charge is 2.08. The lowest BCUT2D eigenvalue weighted by Gasteiger charge is -2.00. The van der Waals surface area contributed by atoms with Gasteiger partial charge in [-0.1, -0.05) is 0 Å². The Morgan fingerprint density at radius 2 is 2.20 bits per heavy atom. The average Bonchev–Trinajstić information content (AvgIpc) is 2.51. The van der Waals surface area contributed by atoms with Gasteiger partial charge in [0.1, 0.15) is 5.82 Å². The van der Waals surface area contributed by atoms with Crippen molar-refractivity contribution in [1.82, 2.24) is 10.3 Å². The molecule has 2 nitrogen and oxygen atoms in total. The van der Waals surface area contributed by atoms with E-state index in [1.807, 2.05) is 14.0 Å². The lowest BCUT2D eigenvalue weighted by Crippen LogP contribution is -2.10. The molecule has 0 aliphatic rings. The largest absolute Gasteiger partial charge is 0.358 e. The van der Waals surface area contributed by atoms with E-state index < -0.39 is 0 Å². The SMILES string of the molecule is CNCCc1c(C)[nH]c2ccc(F)cc12. The van der Waals surface area contributed by atoms with Gasteiger partial charge in [0, 0.05) is 16.6 Å². The molecule has 80 valence electrons. The molecule has 0 saturated heterocycles. The molecular formula is C12H15FN2. The van der Waals surface area contributed by atoms with Gasteiger partial charge in [0.15, 0.2) is 0 Å². The normalized spacial score (nSPS) is 11.1. The second-order valence-electron chi connectivity index (χ2n) is 3.77. The molecule has 15 heavy (non-hydrogen) atoms. The van der Waals surface area contributed by atoms with Crippen LogP contribution in [-0.4, -0.2) is 18.6 Å². The van der Waals surface area contributed by atoms with Crippen LogP contribution in [0.25, 0.3) is 10.9 Å². The molecule has 0 atom stereocenters. The van der Waals surface area contributed by atoms with Crippen molar-refractivity contribution < 1.29 is 4.39 Å². The maximum atomic E-state index is 13.1. The number of aromatic nitrogens is 1. The summed E-state index contributed by atoms with van der Waals surface area (Å²) in [7, 11) is 1.92. The van der Waals surface area contributed by atoms with Gasteiger partial charge >= 0.3 is 0 Å². The standard InChI is InChI=1S/C12H15FN2/c1-8-10(5-6-14-2)11-7-9(13)3-4-12(11)15-8/h3-4,7,14-15H,5-6H2,1-2H3. The minimum atomic E-state index is -0.174. The summed E-state index contributed by atoms with van der Waals surface area (Å²) >= 11 is 0. The molecule has 3 heteroatoms. The van der Waals surface area contributed by atoms with Gasteiger partial charge in [-0.2, -0.15) is 0 Å². The van der Waals surface area contributed by atoms with Gasteiger partial charge in [-0.3, -0.25) is 0 Å². The van der Waals surface area contributed by atoms with Crippen LogP contribution in [0.5, 0.6) is 0 Å². The van der Waals surface area contributed by atoms with Gasteiger partial charge in [0.05, 0.1) is 0 Å². The van der Waals surface area contributed by atoms with E-state index in [0.29, 0.717) is 0 Å². The lowest BCUT2D eigenvalue weighted by molar-refractivity contribution is 0.629. The molecule has 0 radical (unpaired) electrons. The van der Waals surface area contributed by atoms with Crippen molar-refractivity contribution in [3.63, 3.8) is 0 Å². The number of likely N-dealkylation sites (N-methyl/N-ethyl adjacent to an activating group) is 1. The number of hydrogen-bond acceptors (Lipinski definition) is 1. The van der Waals surface area contributed by atoms with Crippen LogP contribution in [0.1, 0.15) is 11.3 Å². The van der Waals surface area contributed by atoms with Crippen LogP contribution in [0.4, 0.5) is 4.39 Å². The molecule has 0 spiro atoms. The van der Waals surface area contributed by atoms with E-state index in [1.54, 1.807) is 12.1 Å². The highest BCUT2D eigenvalue weighted by molar-refractivity contribution is 5.84. The fourth-order valence-corrected chi connectivity index (χ4v) is 1.93. The molecule has 0 amide bonds. The van der Waals surface area contributed by atoms with E-state index in [1.165, 1.54) is 11.6 Å². The smallest absolute Gasteiger partial charge is 0.123 e. The highest BCUT2D eigenvalue weighted by atomic mass is 19.1. The monoisotopic (exact) mass is 206 g/mol. The minimum absolute atomic E-state index is 0.174. The molecule has 0 aliphatic heterocycles. The Bertz CT molecular complexity index is 474. The maximum absolute atomic E-state index is 13.1. The number of benzene rings is 1. The first-order valence-corrected chi connectivity index (χ1v) is 5.13. The molecular weight excluding hydrogens is 191 g/mol. The first kappa shape index (κ1) is 10.2. The molecule has 2 N–H and O–H groups in total. The summed E-state index contributed by atoms with van der Waals surface area (Å²) in [5.74, 6) is -0.174. The van der Waals surface area contributed by atoms with Gasteiger partial charge in [0.25, 0.3) is 0 Å². The molecule has 0 fully saturated rings. The molecule has 0 bridgehead atoms. The Morgan fingerprint density at radius 1 is 1.40 bits per heavy atom. The molecule has 0 saturated carbocycles. The second kappa shape index (κ2) is 4.03. The van der Waals surface area contributed by atoms with Crippen molar-refractivity contribution in [2.24, 2.45) is 0 Å². The predicted molar refractivity (Wildman–Crippen MR) is 60.6 cm³/mol. The first-order chi connectivity index (χ1) is 7.22. The molecule has 1 aromatic carbocycles. The number of nitrogens with one attached hydrogen (secondary N) is 2.